The molecule has 0 spiro atoms. The van der Waals surface area contributed by atoms with Crippen LogP contribution in [-0.4, -0.2) is 31.1 Å². The van der Waals surface area contributed by atoms with E-state index < -0.39 is 0 Å². The van der Waals surface area contributed by atoms with Gasteiger partial charge in [0.15, 0.2) is 5.76 Å². The van der Waals surface area contributed by atoms with Crippen molar-refractivity contribution < 1.29 is 4.42 Å². The lowest BCUT2D eigenvalue weighted by molar-refractivity contribution is 0.577. The van der Waals surface area contributed by atoms with Gasteiger partial charge in [-0.1, -0.05) is 37.6 Å². The zero-order valence-electron chi connectivity index (χ0n) is 15.1. The molecule has 8 nitrogen and oxygen atoms in total. The fraction of sp³-hybridized carbons (Fsp3) is 0.263. The van der Waals surface area contributed by atoms with Crippen molar-refractivity contribution in [2.45, 2.75) is 26.2 Å². The molecule has 0 aliphatic carbocycles. The Bertz CT molecular complexity index is 1020. The normalized spacial score (nSPS) is 11.1. The summed E-state index contributed by atoms with van der Waals surface area (Å²) >= 11 is 0. The number of nitrogens with one attached hydrogen (secondary N) is 1. The summed E-state index contributed by atoms with van der Waals surface area (Å²) in [6.45, 7) is 2.88. The Balaban J connectivity index is 1.44. The molecule has 0 saturated carbocycles. The summed E-state index contributed by atoms with van der Waals surface area (Å²) in [5.41, 5.74) is 8.62. The molecule has 0 aliphatic rings. The fourth-order valence-corrected chi connectivity index (χ4v) is 2.87. The molecule has 8 heteroatoms. The highest BCUT2D eigenvalue weighted by Gasteiger charge is 2.13. The lowest BCUT2D eigenvalue weighted by atomic mass is 10.1. The van der Waals surface area contributed by atoms with Gasteiger partial charge < -0.3 is 15.5 Å². The van der Waals surface area contributed by atoms with E-state index in [-0.39, 0.29) is 5.95 Å². The smallest absolute Gasteiger partial charge is 0.259 e. The lowest BCUT2D eigenvalue weighted by Gasteiger charge is -2.06. The summed E-state index contributed by atoms with van der Waals surface area (Å²) in [6, 6.07) is 12.3. The minimum Gasteiger partial charge on any atom is -0.461 e. The third-order valence-corrected chi connectivity index (χ3v) is 4.23. The molecule has 0 atom stereocenters. The molecule has 0 saturated heterocycles. The van der Waals surface area contributed by atoms with Crippen LogP contribution in [0.25, 0.3) is 17.4 Å². The molecule has 3 N–H and O–H groups in total. The monoisotopic (exact) mass is 363 g/mol. The van der Waals surface area contributed by atoms with Crippen molar-refractivity contribution >= 4 is 17.7 Å². The summed E-state index contributed by atoms with van der Waals surface area (Å²) in [6.07, 6.45) is 4.71. The van der Waals surface area contributed by atoms with Crippen LogP contribution in [0.1, 0.15) is 24.5 Å². The highest BCUT2D eigenvalue weighted by molar-refractivity contribution is 5.52. The second-order valence-electron chi connectivity index (χ2n) is 6.27. The predicted octanol–water partition coefficient (Wildman–Crippen LogP) is 2.97. The first-order valence-electron chi connectivity index (χ1n) is 8.99. The van der Waals surface area contributed by atoms with Gasteiger partial charge in [-0.05, 0) is 36.1 Å². The predicted molar refractivity (Wildman–Crippen MR) is 103 cm³/mol. The van der Waals surface area contributed by atoms with Crippen LogP contribution < -0.4 is 11.1 Å². The maximum absolute atomic E-state index is 5.99. The Hall–Kier alpha value is -3.42. The van der Waals surface area contributed by atoms with Crippen LogP contribution in [0.2, 0.25) is 0 Å². The number of nitrogens with zero attached hydrogens (tertiary/aromatic N) is 5. The first kappa shape index (κ1) is 17.0. The largest absolute Gasteiger partial charge is 0.461 e. The van der Waals surface area contributed by atoms with Crippen LogP contribution in [0, 0.1) is 0 Å². The molecule has 0 amide bonds. The zero-order valence-corrected chi connectivity index (χ0v) is 15.1. The lowest BCUT2D eigenvalue weighted by Crippen LogP contribution is -2.12. The van der Waals surface area contributed by atoms with Gasteiger partial charge >= 0.3 is 0 Å². The van der Waals surface area contributed by atoms with Gasteiger partial charge in [-0.2, -0.15) is 19.5 Å². The van der Waals surface area contributed by atoms with Crippen molar-refractivity contribution in [2.75, 3.05) is 17.6 Å². The summed E-state index contributed by atoms with van der Waals surface area (Å²) < 4.78 is 6.71. The van der Waals surface area contributed by atoms with Gasteiger partial charge in [0.05, 0.1) is 6.26 Å². The van der Waals surface area contributed by atoms with E-state index in [1.54, 1.807) is 18.4 Å². The van der Waals surface area contributed by atoms with Gasteiger partial charge in [0, 0.05) is 6.54 Å². The number of hydrogen-bond donors (Lipinski definition) is 2. The number of nitrogen functional groups attached to an aromatic ring is 1. The molecule has 0 bridgehead atoms. The number of anilines is 2. The Morgan fingerprint density at radius 1 is 1.04 bits per heavy atom. The van der Waals surface area contributed by atoms with Crippen LogP contribution in [-0.2, 0) is 12.8 Å². The number of rotatable bonds is 7. The van der Waals surface area contributed by atoms with E-state index in [2.05, 4.69) is 56.6 Å². The maximum Gasteiger partial charge on any atom is 0.259 e. The van der Waals surface area contributed by atoms with Gasteiger partial charge in [-0.25, -0.2) is 0 Å². The molecular formula is C19H21N7O. The number of furan rings is 1. The molecule has 0 radical (unpaired) electrons. The van der Waals surface area contributed by atoms with Crippen molar-refractivity contribution in [1.29, 1.82) is 0 Å². The quantitative estimate of drug-likeness (QED) is 0.520. The van der Waals surface area contributed by atoms with E-state index in [0.717, 1.165) is 19.3 Å². The molecule has 3 aromatic heterocycles. The fourth-order valence-electron chi connectivity index (χ4n) is 2.87. The molecule has 0 fully saturated rings. The number of nitrogens with two attached hydrogens (primary N) is 1. The summed E-state index contributed by atoms with van der Waals surface area (Å²) in [4.78, 5) is 13.0. The Labute approximate surface area is 156 Å². The van der Waals surface area contributed by atoms with Gasteiger partial charge in [0.1, 0.15) is 0 Å². The Kier molecular flexibility index (Phi) is 4.69. The van der Waals surface area contributed by atoms with E-state index >= 15 is 0 Å². The SMILES string of the molecule is CCCc1ccc(CCNc2nc(N)n3nc(-c4ccco4)nc3n2)cc1. The van der Waals surface area contributed by atoms with Crippen LogP contribution in [0.5, 0.6) is 0 Å². The highest BCUT2D eigenvalue weighted by Crippen LogP contribution is 2.17. The van der Waals surface area contributed by atoms with E-state index in [9.17, 15) is 0 Å². The van der Waals surface area contributed by atoms with E-state index in [4.69, 9.17) is 10.2 Å². The number of aromatic nitrogens is 5. The first-order valence-corrected chi connectivity index (χ1v) is 8.99. The van der Waals surface area contributed by atoms with Gasteiger partial charge in [0.25, 0.3) is 5.78 Å². The van der Waals surface area contributed by atoms with Crippen molar-refractivity contribution in [2.24, 2.45) is 0 Å². The molecule has 4 aromatic rings. The second kappa shape index (κ2) is 7.45. The summed E-state index contributed by atoms with van der Waals surface area (Å²) in [7, 11) is 0. The van der Waals surface area contributed by atoms with Gasteiger partial charge in [0.2, 0.25) is 17.7 Å². The molecule has 138 valence electrons. The maximum atomic E-state index is 5.99. The molecule has 1 aromatic carbocycles. The third kappa shape index (κ3) is 3.74. The molecule has 4 rings (SSSR count). The van der Waals surface area contributed by atoms with Crippen LogP contribution >= 0.6 is 0 Å². The number of aryl methyl sites for hydroxylation is 1. The summed E-state index contributed by atoms with van der Waals surface area (Å²) in [5.74, 6) is 2.00. The van der Waals surface area contributed by atoms with Crippen molar-refractivity contribution in [1.82, 2.24) is 24.6 Å². The highest BCUT2D eigenvalue weighted by atomic mass is 16.3. The minimum atomic E-state index is 0.219. The third-order valence-electron chi connectivity index (χ3n) is 4.23. The minimum absolute atomic E-state index is 0.219. The van der Waals surface area contributed by atoms with Crippen molar-refractivity contribution in [3.05, 3.63) is 53.8 Å². The number of fused-ring (bicyclic) bond motifs is 1. The summed E-state index contributed by atoms with van der Waals surface area (Å²) in [5, 5.41) is 7.48. The van der Waals surface area contributed by atoms with Crippen LogP contribution in [0.15, 0.2) is 47.1 Å². The molecule has 27 heavy (non-hydrogen) atoms. The zero-order chi connectivity index (χ0) is 18.6. The van der Waals surface area contributed by atoms with Crippen LogP contribution in [0.3, 0.4) is 0 Å². The average molecular weight is 363 g/mol. The topological polar surface area (TPSA) is 107 Å². The van der Waals surface area contributed by atoms with Gasteiger partial charge in [-0.15, -0.1) is 5.10 Å². The van der Waals surface area contributed by atoms with Crippen LogP contribution in [0.4, 0.5) is 11.9 Å². The number of benzene rings is 1. The van der Waals surface area contributed by atoms with Gasteiger partial charge in [-0.3, -0.25) is 0 Å². The van der Waals surface area contributed by atoms with Crippen molar-refractivity contribution in [3.63, 3.8) is 0 Å². The molecule has 3 heterocycles. The van der Waals surface area contributed by atoms with Crippen molar-refractivity contribution in [3.8, 4) is 11.6 Å². The van der Waals surface area contributed by atoms with E-state index in [1.807, 2.05) is 0 Å². The Morgan fingerprint density at radius 2 is 1.81 bits per heavy atom. The Morgan fingerprint density at radius 3 is 2.52 bits per heavy atom. The van der Waals surface area contributed by atoms with E-state index in [0.29, 0.717) is 29.9 Å². The molecule has 0 unspecified atom stereocenters. The molecular weight excluding hydrogens is 342 g/mol. The van der Waals surface area contributed by atoms with E-state index in [1.165, 1.54) is 15.6 Å². The second-order valence-corrected chi connectivity index (χ2v) is 6.27. The average Bonchev–Trinajstić information content (AvgIpc) is 3.33. The molecule has 0 aliphatic heterocycles. The standard InChI is InChI=1S/C19H21N7O/c1-2-4-13-6-8-14(9-7-13)10-11-21-18-23-17(20)26-19(24-18)22-16(25-26)15-5-3-12-27-15/h3,5-9,12H,2,4,10-11H2,1H3,(H3,20,21,22,23,24,25). The number of hydrogen-bond acceptors (Lipinski definition) is 7. The first-order chi connectivity index (χ1) is 13.2.